The van der Waals surface area contributed by atoms with Crippen LogP contribution in [0.25, 0.3) is 22.2 Å². The Hall–Kier alpha value is -3.11. The average Bonchev–Trinajstić information content (AvgIpc) is 3.41. The van der Waals surface area contributed by atoms with Gasteiger partial charge in [0, 0.05) is 36.9 Å². The van der Waals surface area contributed by atoms with Crippen molar-refractivity contribution in [2.24, 2.45) is 3.98 Å². The first kappa shape index (κ1) is 21.4. The van der Waals surface area contributed by atoms with Gasteiger partial charge in [0.05, 0.1) is 12.0 Å². The summed E-state index contributed by atoms with van der Waals surface area (Å²) in [5.74, 6) is 0.158. The van der Waals surface area contributed by atoms with Crippen molar-refractivity contribution in [1.82, 2.24) is 20.3 Å². The Balaban J connectivity index is 1.54. The molecule has 34 heavy (non-hydrogen) atoms. The number of nitrogens with one attached hydrogen (secondary N) is 1. The molecule has 170 valence electrons. The van der Waals surface area contributed by atoms with E-state index < -0.39 is 20.2 Å². The van der Waals surface area contributed by atoms with Crippen molar-refractivity contribution in [3.8, 4) is 22.2 Å². The van der Waals surface area contributed by atoms with Crippen LogP contribution in [0, 0.1) is 22.9 Å². The first-order valence-electron chi connectivity index (χ1n) is 11.6. The van der Waals surface area contributed by atoms with Crippen LogP contribution in [0.15, 0.2) is 22.3 Å². The third-order valence-corrected chi connectivity index (χ3v) is 8.71. The smallest absolute Gasteiger partial charge is 0.464 e. The zero-order chi connectivity index (χ0) is 23.4. The number of aryl methyl sites for hydroxylation is 1. The fourth-order valence-corrected chi connectivity index (χ4v) is 6.83. The lowest BCUT2D eigenvalue weighted by molar-refractivity contribution is 0.313. The number of nitrogens with zero attached hydrogens (tertiary/aromatic N) is 6. The van der Waals surface area contributed by atoms with Gasteiger partial charge in [-0.05, 0) is 49.0 Å². The molecule has 6 rings (SSSR count). The van der Waals surface area contributed by atoms with Gasteiger partial charge in [-0.2, -0.15) is 9.97 Å². The maximum Gasteiger partial charge on any atom is 0.621 e. The van der Waals surface area contributed by atoms with Crippen LogP contribution in [-0.2, 0) is 0 Å². The molecular weight excluding hydrogens is 448 g/mol. The van der Waals surface area contributed by atoms with E-state index >= 15 is 4.39 Å². The summed E-state index contributed by atoms with van der Waals surface area (Å²) in [7, 11) is 0. The average molecular weight is 471 g/mol. The number of benzene rings is 1. The van der Waals surface area contributed by atoms with Gasteiger partial charge in [-0.3, -0.25) is 4.98 Å². The number of aromatic nitrogens is 3. The lowest BCUT2D eigenvalue weighted by atomic mass is 9.98. The first-order chi connectivity index (χ1) is 16.6. The number of halogens is 1. The number of pyridine rings is 1. The van der Waals surface area contributed by atoms with E-state index in [0.717, 1.165) is 41.5 Å². The molecule has 2 aromatic heterocycles. The summed E-state index contributed by atoms with van der Waals surface area (Å²) in [6, 6.07) is 4.83. The minimum atomic E-state index is -2.08. The van der Waals surface area contributed by atoms with Crippen molar-refractivity contribution in [2.75, 3.05) is 24.6 Å². The molecule has 2 saturated heterocycles. The fourth-order valence-electron chi connectivity index (χ4n) is 5.37. The highest BCUT2D eigenvalue weighted by atomic mass is 27.2. The molecule has 0 saturated carbocycles. The Kier molecular flexibility index (Phi) is 5.22. The summed E-state index contributed by atoms with van der Waals surface area (Å²) in [4.78, 5) is 18.2. The molecule has 1 N–H and O–H groups in total. The summed E-state index contributed by atoms with van der Waals surface area (Å²) < 4.78 is 27.1. The number of nitriles is 1. The lowest BCUT2D eigenvalue weighted by Gasteiger charge is -2.34. The molecule has 2 bridgehead atoms. The second-order valence-electron chi connectivity index (χ2n) is 9.06. The van der Waals surface area contributed by atoms with Gasteiger partial charge < -0.3 is 18.9 Å². The number of hydrogen-bond acceptors (Lipinski definition) is 8. The van der Waals surface area contributed by atoms with E-state index in [9.17, 15) is 5.26 Å². The standard InChI is InChI=1S/C23H23FN6O.CN.Al/c1-3-31-23-28-20-17(22(29-23)30-11-15-7-8-16(12-30)27-15)10-26-21(19(20)24)18-13(2)5-4-6-14(18)9-25;1-2;/h4-5,9-10,15-16,27H,3,7-8,11-12H2,1-2H3;;/q-1;;+1. The maximum atomic E-state index is 16.2. The number of piperazine rings is 1. The quantitative estimate of drug-likeness (QED) is 0.583. The summed E-state index contributed by atoms with van der Waals surface area (Å²) in [6.45, 7) is 5.78. The molecule has 0 radical (unpaired) electrons. The van der Waals surface area contributed by atoms with Gasteiger partial charge in [0.2, 0.25) is 0 Å². The second-order valence-corrected chi connectivity index (χ2v) is 11.0. The van der Waals surface area contributed by atoms with Crippen LogP contribution >= 0.6 is 0 Å². The molecule has 3 aromatic rings. The van der Waals surface area contributed by atoms with Crippen molar-refractivity contribution >= 4 is 41.7 Å². The molecule has 2 atom stereocenters. The van der Waals surface area contributed by atoms with E-state index in [2.05, 4.69) is 34.1 Å². The van der Waals surface area contributed by atoms with Crippen LogP contribution in [0.2, 0.25) is 0 Å². The second kappa shape index (κ2) is 8.28. The summed E-state index contributed by atoms with van der Waals surface area (Å²) in [5, 5.41) is 13.7. The fraction of sp³-hybridized carbons (Fsp3) is 0.375. The summed E-state index contributed by atoms with van der Waals surface area (Å²) >= 11 is -2.08. The van der Waals surface area contributed by atoms with E-state index in [1.807, 2.05) is 26.0 Å². The largest absolute Gasteiger partial charge is 0.621 e. The Morgan fingerprint density at radius 2 is 2.06 bits per heavy atom. The molecule has 10 heteroatoms. The Labute approximate surface area is 201 Å². The monoisotopic (exact) mass is 471 g/mol. The zero-order valence-corrected chi connectivity index (χ0v) is 20.2. The van der Waals surface area contributed by atoms with Crippen LogP contribution in [0.4, 0.5) is 10.2 Å². The van der Waals surface area contributed by atoms with Crippen LogP contribution in [0.1, 0.15) is 30.9 Å². The highest BCUT2D eigenvalue weighted by Crippen LogP contribution is 2.35. The topological polar surface area (TPSA) is 99.3 Å². The van der Waals surface area contributed by atoms with Crippen molar-refractivity contribution in [2.45, 2.75) is 38.8 Å². The van der Waals surface area contributed by atoms with E-state index in [1.54, 1.807) is 12.4 Å². The third-order valence-electron chi connectivity index (χ3n) is 6.93. The molecule has 1 aromatic carbocycles. The van der Waals surface area contributed by atoms with Gasteiger partial charge in [0.25, 0.3) is 0 Å². The molecule has 8 nitrogen and oxygen atoms in total. The minimum Gasteiger partial charge on any atom is -0.464 e. The van der Waals surface area contributed by atoms with Gasteiger partial charge in [-0.15, -0.1) is 0 Å². The van der Waals surface area contributed by atoms with Crippen LogP contribution in [0.5, 0.6) is 6.01 Å². The molecular formula is C24H23AlFN7O. The zero-order valence-electron chi connectivity index (χ0n) is 19.0. The van der Waals surface area contributed by atoms with E-state index in [4.69, 9.17) is 4.74 Å². The van der Waals surface area contributed by atoms with Crippen molar-refractivity contribution < 1.29 is 9.13 Å². The Bertz CT molecular complexity index is 1380. The van der Waals surface area contributed by atoms with Crippen LogP contribution < -0.4 is 19.4 Å². The molecule has 2 fully saturated rings. The summed E-state index contributed by atoms with van der Waals surface area (Å²) in [6.07, 6.45) is 5.64. The van der Waals surface area contributed by atoms with Crippen molar-refractivity contribution in [3.05, 3.63) is 35.3 Å². The summed E-state index contributed by atoms with van der Waals surface area (Å²) in [5.41, 5.74) is 2.76. The number of rotatable bonds is 4. The minimum absolute atomic E-state index is 0.167. The van der Waals surface area contributed by atoms with Crippen molar-refractivity contribution in [3.63, 3.8) is 0 Å². The van der Waals surface area contributed by atoms with Gasteiger partial charge in [-0.25, -0.2) is 9.65 Å². The van der Waals surface area contributed by atoms with E-state index in [1.165, 1.54) is 0 Å². The molecule has 2 unspecified atom stereocenters. The molecule has 0 amide bonds. The van der Waals surface area contributed by atoms with E-state index in [-0.39, 0.29) is 17.2 Å². The normalized spacial score (nSPS) is 20.6. The van der Waals surface area contributed by atoms with E-state index in [0.29, 0.717) is 35.5 Å². The SMILES string of the molecule is CCOc1nc(N2CC3CCC(C2)N3)c2cnc(-c3c(C)cc[c]4c3C=[N][Al]4[C]#N)c(F)c2n1. The third kappa shape index (κ3) is 3.35. The highest BCUT2D eigenvalue weighted by molar-refractivity contribution is 6.82. The highest BCUT2D eigenvalue weighted by Gasteiger charge is 2.35. The molecule has 3 aliphatic heterocycles. The number of hydrogen-bond donors (Lipinski definition) is 1. The first-order valence-corrected chi connectivity index (χ1v) is 13.3. The number of anilines is 1. The Morgan fingerprint density at radius 3 is 2.79 bits per heavy atom. The van der Waals surface area contributed by atoms with Gasteiger partial charge >= 0.3 is 20.4 Å². The predicted octanol–water partition coefficient (Wildman–Crippen LogP) is 2.17. The number of ether oxygens (including phenoxy) is 1. The lowest BCUT2D eigenvalue weighted by Crippen LogP contribution is -2.51. The van der Waals surface area contributed by atoms with Gasteiger partial charge in [0.15, 0.2) is 5.82 Å². The predicted molar refractivity (Wildman–Crippen MR) is 129 cm³/mol. The van der Waals surface area contributed by atoms with Crippen molar-refractivity contribution in [1.29, 1.82) is 5.26 Å². The molecule has 3 aliphatic rings. The van der Waals surface area contributed by atoms with Gasteiger partial charge in [0.1, 0.15) is 17.0 Å². The van der Waals surface area contributed by atoms with Gasteiger partial charge in [-0.1, -0.05) is 16.6 Å². The number of fused-ring (bicyclic) bond motifs is 4. The molecule has 5 heterocycles. The molecule has 0 spiro atoms. The van der Waals surface area contributed by atoms with Crippen LogP contribution in [-0.4, -0.2) is 67.3 Å². The maximum absolute atomic E-state index is 16.2. The Morgan fingerprint density at radius 1 is 1.26 bits per heavy atom. The molecule has 0 aliphatic carbocycles. The van der Waals surface area contributed by atoms with Crippen LogP contribution in [0.3, 0.4) is 0 Å².